The van der Waals surface area contributed by atoms with Gasteiger partial charge in [0.15, 0.2) is 0 Å². The summed E-state index contributed by atoms with van der Waals surface area (Å²) in [7, 11) is 0. The van der Waals surface area contributed by atoms with E-state index in [0.29, 0.717) is 16.6 Å². The number of carbonyl (C=O) groups excluding carboxylic acids is 2. The number of primary amides is 1. The molecule has 7 nitrogen and oxygen atoms in total. The van der Waals surface area contributed by atoms with E-state index in [2.05, 4.69) is 26.2 Å². The Morgan fingerprint density at radius 1 is 1.15 bits per heavy atom. The maximum atomic E-state index is 12.5. The molecule has 2 amide bonds. The first-order valence-electron chi connectivity index (χ1n) is 7.74. The summed E-state index contributed by atoms with van der Waals surface area (Å²) in [6.45, 7) is -0.155. The quantitative estimate of drug-likeness (QED) is 0.663. The van der Waals surface area contributed by atoms with Gasteiger partial charge in [-0.15, -0.1) is 0 Å². The number of nitrogens with zero attached hydrogens (tertiary/aromatic N) is 2. The van der Waals surface area contributed by atoms with Gasteiger partial charge in [-0.05, 0) is 35.9 Å². The number of amides is 2. The number of carbonyl (C=O) groups is 2. The number of nitrogens with one attached hydrogen (secondary N) is 1. The Labute approximate surface area is 157 Å². The topological polar surface area (TPSA) is 107 Å². The minimum Gasteiger partial charge on any atom is -0.369 e. The van der Waals surface area contributed by atoms with Gasteiger partial charge in [-0.3, -0.25) is 19.0 Å². The monoisotopic (exact) mass is 414 g/mol. The van der Waals surface area contributed by atoms with Gasteiger partial charge in [-0.25, -0.2) is 4.98 Å². The number of benzene rings is 2. The van der Waals surface area contributed by atoms with Crippen molar-refractivity contribution in [2.45, 2.75) is 13.0 Å². The zero-order valence-electron chi connectivity index (χ0n) is 13.6. The molecule has 0 unspecified atom stereocenters. The third kappa shape index (κ3) is 4.15. The van der Waals surface area contributed by atoms with Crippen molar-refractivity contribution >= 4 is 44.3 Å². The third-order valence-corrected chi connectivity index (χ3v) is 4.21. The minimum absolute atomic E-state index is 0.141. The first-order valence-corrected chi connectivity index (χ1v) is 8.53. The van der Waals surface area contributed by atoms with Gasteiger partial charge in [0.05, 0.1) is 23.7 Å². The van der Waals surface area contributed by atoms with E-state index in [1.807, 2.05) is 0 Å². The number of anilines is 1. The molecule has 1 heterocycles. The van der Waals surface area contributed by atoms with Crippen molar-refractivity contribution < 1.29 is 9.59 Å². The van der Waals surface area contributed by atoms with Crippen molar-refractivity contribution in [2.75, 3.05) is 5.32 Å². The normalized spacial score (nSPS) is 10.7. The fraction of sp³-hybridized carbons (Fsp3) is 0.111. The molecule has 3 rings (SSSR count). The standard InChI is InChI=1S/C18H15BrN4O3/c19-12-3-6-15-14(8-12)18(26)23(10-21-15)9-17(25)22-13-4-1-11(2-5-13)7-16(20)24/h1-6,8,10H,7,9H2,(H2,20,24)(H,22,25). The van der Waals surface area contributed by atoms with Crippen molar-refractivity contribution in [1.82, 2.24) is 9.55 Å². The Morgan fingerprint density at radius 2 is 1.88 bits per heavy atom. The van der Waals surface area contributed by atoms with Crippen molar-refractivity contribution in [1.29, 1.82) is 0 Å². The highest BCUT2D eigenvalue weighted by Gasteiger charge is 2.09. The van der Waals surface area contributed by atoms with Crippen molar-refractivity contribution in [3.05, 3.63) is 69.2 Å². The largest absolute Gasteiger partial charge is 0.369 e. The number of hydrogen-bond donors (Lipinski definition) is 2. The van der Waals surface area contributed by atoms with Crippen molar-refractivity contribution in [2.24, 2.45) is 5.73 Å². The molecule has 0 bridgehead atoms. The molecule has 1 aromatic heterocycles. The lowest BCUT2D eigenvalue weighted by atomic mass is 10.1. The van der Waals surface area contributed by atoms with Gasteiger partial charge in [0, 0.05) is 10.2 Å². The van der Waals surface area contributed by atoms with Crippen LogP contribution < -0.4 is 16.6 Å². The van der Waals surface area contributed by atoms with Crippen LogP contribution in [-0.4, -0.2) is 21.4 Å². The summed E-state index contributed by atoms with van der Waals surface area (Å²) in [5, 5.41) is 3.14. The predicted octanol–water partition coefficient (Wildman–Crippen LogP) is 1.83. The fourth-order valence-corrected chi connectivity index (χ4v) is 2.87. The average molecular weight is 415 g/mol. The Hall–Kier alpha value is -3.00. The highest BCUT2D eigenvalue weighted by molar-refractivity contribution is 9.10. The van der Waals surface area contributed by atoms with Crippen molar-refractivity contribution in [3.8, 4) is 0 Å². The van der Waals surface area contributed by atoms with E-state index in [9.17, 15) is 14.4 Å². The van der Waals surface area contributed by atoms with Crippen LogP contribution >= 0.6 is 15.9 Å². The molecule has 0 saturated carbocycles. The SMILES string of the molecule is NC(=O)Cc1ccc(NC(=O)Cn2cnc3ccc(Br)cc3c2=O)cc1. The smallest absolute Gasteiger partial charge is 0.261 e. The molecule has 0 aliphatic rings. The molecule has 0 spiro atoms. The zero-order chi connectivity index (χ0) is 18.7. The van der Waals surface area contributed by atoms with Crippen LogP contribution in [0.1, 0.15) is 5.56 Å². The van der Waals surface area contributed by atoms with Crippen LogP contribution in [0.4, 0.5) is 5.69 Å². The molecule has 2 aromatic carbocycles. The second-order valence-corrected chi connectivity index (χ2v) is 6.64. The lowest BCUT2D eigenvalue weighted by Crippen LogP contribution is -2.27. The Kier molecular flexibility index (Phi) is 5.13. The lowest BCUT2D eigenvalue weighted by Gasteiger charge is -2.09. The summed E-state index contributed by atoms with van der Waals surface area (Å²) < 4.78 is 2.02. The molecule has 0 aliphatic carbocycles. The van der Waals surface area contributed by atoms with E-state index in [4.69, 9.17) is 5.73 Å². The van der Waals surface area contributed by atoms with Crippen LogP contribution in [0.2, 0.25) is 0 Å². The lowest BCUT2D eigenvalue weighted by molar-refractivity contribution is -0.118. The number of fused-ring (bicyclic) bond motifs is 1. The molecule has 0 fully saturated rings. The van der Waals surface area contributed by atoms with Crippen molar-refractivity contribution in [3.63, 3.8) is 0 Å². The van der Waals surface area contributed by atoms with Crippen LogP contribution in [0.3, 0.4) is 0 Å². The van der Waals surface area contributed by atoms with Gasteiger partial charge in [0.25, 0.3) is 5.56 Å². The Balaban J connectivity index is 1.74. The second kappa shape index (κ2) is 7.49. The first-order chi connectivity index (χ1) is 12.4. The molecule has 0 atom stereocenters. The molecule has 0 saturated heterocycles. The number of aromatic nitrogens is 2. The summed E-state index contributed by atoms with van der Waals surface area (Å²) in [6.07, 6.45) is 1.50. The second-order valence-electron chi connectivity index (χ2n) is 5.73. The molecular formula is C18H15BrN4O3. The van der Waals surface area contributed by atoms with E-state index in [1.54, 1.807) is 42.5 Å². The number of hydrogen-bond acceptors (Lipinski definition) is 4. The Bertz CT molecular complexity index is 1040. The van der Waals surface area contributed by atoms with Crippen LogP contribution in [0, 0.1) is 0 Å². The first kappa shape index (κ1) is 17.8. The van der Waals surface area contributed by atoms with Crippen LogP contribution in [0.5, 0.6) is 0 Å². The van der Waals surface area contributed by atoms with Crippen LogP contribution in [-0.2, 0) is 22.6 Å². The van der Waals surface area contributed by atoms with Crippen LogP contribution in [0.15, 0.2) is 58.1 Å². The van der Waals surface area contributed by atoms with E-state index in [-0.39, 0.29) is 24.4 Å². The predicted molar refractivity (Wildman–Crippen MR) is 102 cm³/mol. The highest BCUT2D eigenvalue weighted by atomic mass is 79.9. The summed E-state index contributed by atoms with van der Waals surface area (Å²) in [6, 6.07) is 12.0. The maximum absolute atomic E-state index is 12.5. The number of halogens is 1. The van der Waals surface area contributed by atoms with E-state index in [1.165, 1.54) is 10.9 Å². The molecule has 3 aromatic rings. The van der Waals surface area contributed by atoms with Gasteiger partial charge in [-0.2, -0.15) is 0 Å². The maximum Gasteiger partial charge on any atom is 0.261 e. The Morgan fingerprint density at radius 3 is 2.58 bits per heavy atom. The molecule has 3 N–H and O–H groups in total. The minimum atomic E-state index is -0.420. The van der Waals surface area contributed by atoms with E-state index in [0.717, 1.165) is 10.0 Å². The molecular weight excluding hydrogens is 400 g/mol. The summed E-state index contributed by atoms with van der Waals surface area (Å²) >= 11 is 3.32. The van der Waals surface area contributed by atoms with Gasteiger partial charge in [-0.1, -0.05) is 28.1 Å². The van der Waals surface area contributed by atoms with E-state index >= 15 is 0 Å². The molecule has 0 aliphatic heterocycles. The van der Waals surface area contributed by atoms with Gasteiger partial charge in [0.2, 0.25) is 11.8 Å². The molecule has 0 radical (unpaired) electrons. The molecule has 132 valence electrons. The summed E-state index contributed by atoms with van der Waals surface area (Å²) in [5.74, 6) is -0.775. The van der Waals surface area contributed by atoms with Crippen LogP contribution in [0.25, 0.3) is 10.9 Å². The van der Waals surface area contributed by atoms with Gasteiger partial charge in [0.1, 0.15) is 6.54 Å². The number of nitrogens with two attached hydrogens (primary N) is 1. The average Bonchev–Trinajstić information content (AvgIpc) is 2.59. The number of rotatable bonds is 5. The molecule has 26 heavy (non-hydrogen) atoms. The highest BCUT2D eigenvalue weighted by Crippen LogP contribution is 2.15. The van der Waals surface area contributed by atoms with Gasteiger partial charge < -0.3 is 11.1 Å². The summed E-state index contributed by atoms with van der Waals surface area (Å²) in [5.41, 5.74) is 6.75. The zero-order valence-corrected chi connectivity index (χ0v) is 15.2. The third-order valence-electron chi connectivity index (χ3n) is 3.72. The molecule has 8 heteroatoms. The van der Waals surface area contributed by atoms with E-state index < -0.39 is 5.91 Å². The van der Waals surface area contributed by atoms with Gasteiger partial charge >= 0.3 is 0 Å². The fourth-order valence-electron chi connectivity index (χ4n) is 2.51. The summed E-state index contributed by atoms with van der Waals surface area (Å²) in [4.78, 5) is 39.8.